The molecule has 70 valence electrons. The normalized spacial score (nSPS) is 48.3. The van der Waals surface area contributed by atoms with Crippen LogP contribution < -0.4 is 0 Å². The molecule has 0 aromatic heterocycles. The second-order valence-electron chi connectivity index (χ2n) is 4.94. The zero-order chi connectivity index (χ0) is 9.05. The molecule has 0 aromatic rings. The van der Waals surface area contributed by atoms with Crippen molar-refractivity contribution in [3.8, 4) is 0 Å². The maximum Gasteiger partial charge on any atom is 0.140 e. The molecule has 3 rings (SSSR count). The molecule has 0 saturated heterocycles. The van der Waals surface area contributed by atoms with Crippen LogP contribution in [0.4, 0.5) is 0 Å². The molecule has 0 N–H and O–H groups in total. The second-order valence-corrected chi connectivity index (χ2v) is 4.94. The summed E-state index contributed by atoms with van der Waals surface area (Å²) in [5, 5.41) is 0. The van der Waals surface area contributed by atoms with Crippen molar-refractivity contribution < 1.29 is 9.59 Å². The maximum absolute atomic E-state index is 11.9. The van der Waals surface area contributed by atoms with Gasteiger partial charge >= 0.3 is 0 Å². The van der Waals surface area contributed by atoms with Gasteiger partial charge in [-0.1, -0.05) is 6.42 Å². The number of Topliss-reactive ketones (excluding diaryl/α,β-unsaturated/α-hetero) is 2. The Labute approximate surface area is 77.7 Å². The summed E-state index contributed by atoms with van der Waals surface area (Å²) in [5.74, 6) is 1.31. The summed E-state index contributed by atoms with van der Waals surface area (Å²) >= 11 is 0. The fourth-order valence-electron chi connectivity index (χ4n) is 3.77. The first-order valence-electron chi connectivity index (χ1n) is 5.28. The molecular weight excluding hydrogens is 164 g/mol. The number of carbonyl (C=O) groups is 2. The number of fused-ring (bicyclic) bond motifs is 1. The van der Waals surface area contributed by atoms with Gasteiger partial charge in [-0.25, -0.2) is 0 Å². The minimum Gasteiger partial charge on any atom is -0.299 e. The third kappa shape index (κ3) is 0.792. The van der Waals surface area contributed by atoms with Gasteiger partial charge in [0, 0.05) is 24.2 Å². The lowest BCUT2D eigenvalue weighted by Gasteiger charge is -2.33. The van der Waals surface area contributed by atoms with Gasteiger partial charge in [-0.2, -0.15) is 0 Å². The van der Waals surface area contributed by atoms with Gasteiger partial charge in [0.15, 0.2) is 0 Å². The standard InChI is InChI=1S/C11H14O2/c12-9-5-8-2-1-3-11(8)6-7(9)4-10(11)13/h7-8H,1-6H2. The van der Waals surface area contributed by atoms with Crippen LogP contribution in [0.5, 0.6) is 0 Å². The highest BCUT2D eigenvalue weighted by Crippen LogP contribution is 2.58. The molecule has 0 heterocycles. The van der Waals surface area contributed by atoms with Crippen molar-refractivity contribution in [2.75, 3.05) is 0 Å². The Morgan fingerprint density at radius 3 is 2.92 bits per heavy atom. The smallest absolute Gasteiger partial charge is 0.140 e. The van der Waals surface area contributed by atoms with Crippen LogP contribution in [0.15, 0.2) is 0 Å². The van der Waals surface area contributed by atoms with Gasteiger partial charge in [-0.3, -0.25) is 9.59 Å². The number of hydrogen-bond acceptors (Lipinski definition) is 2. The van der Waals surface area contributed by atoms with E-state index in [1.54, 1.807) is 0 Å². The van der Waals surface area contributed by atoms with Crippen molar-refractivity contribution in [2.24, 2.45) is 17.3 Å². The van der Waals surface area contributed by atoms with Crippen LogP contribution in [0.3, 0.4) is 0 Å². The lowest BCUT2D eigenvalue weighted by atomic mass is 9.69. The van der Waals surface area contributed by atoms with E-state index in [1.807, 2.05) is 0 Å². The number of hydrogen-bond donors (Lipinski definition) is 0. The number of ketones is 2. The Balaban J connectivity index is 2.06. The highest BCUT2D eigenvalue weighted by molar-refractivity contribution is 5.98. The summed E-state index contributed by atoms with van der Waals surface area (Å²) in [6, 6.07) is 0. The van der Waals surface area contributed by atoms with E-state index in [2.05, 4.69) is 0 Å². The molecule has 3 saturated carbocycles. The molecule has 3 aliphatic carbocycles. The van der Waals surface area contributed by atoms with Gasteiger partial charge in [0.2, 0.25) is 0 Å². The highest BCUT2D eigenvalue weighted by Gasteiger charge is 2.58. The van der Waals surface area contributed by atoms with E-state index in [4.69, 9.17) is 0 Å². The van der Waals surface area contributed by atoms with Crippen molar-refractivity contribution in [1.29, 1.82) is 0 Å². The number of carbonyl (C=O) groups excluding carboxylic acids is 2. The van der Waals surface area contributed by atoms with Crippen LogP contribution in [0.2, 0.25) is 0 Å². The minimum absolute atomic E-state index is 0.0153. The van der Waals surface area contributed by atoms with Gasteiger partial charge in [0.05, 0.1) is 0 Å². The lowest BCUT2D eigenvalue weighted by molar-refractivity contribution is -0.129. The van der Waals surface area contributed by atoms with Crippen LogP contribution in [-0.4, -0.2) is 11.6 Å². The van der Waals surface area contributed by atoms with Gasteiger partial charge < -0.3 is 0 Å². The average molecular weight is 178 g/mol. The molecule has 2 nitrogen and oxygen atoms in total. The molecule has 3 unspecified atom stereocenters. The van der Waals surface area contributed by atoms with E-state index < -0.39 is 0 Å². The summed E-state index contributed by atoms with van der Waals surface area (Å²) in [6.45, 7) is 0. The van der Waals surface area contributed by atoms with Crippen LogP contribution in [0, 0.1) is 17.3 Å². The Morgan fingerprint density at radius 2 is 2.08 bits per heavy atom. The van der Waals surface area contributed by atoms with Crippen molar-refractivity contribution in [1.82, 2.24) is 0 Å². The van der Waals surface area contributed by atoms with Crippen molar-refractivity contribution in [3.05, 3.63) is 0 Å². The molecular formula is C11H14O2. The Morgan fingerprint density at radius 1 is 1.23 bits per heavy atom. The predicted molar refractivity (Wildman–Crippen MR) is 47.1 cm³/mol. The third-order valence-electron chi connectivity index (χ3n) is 4.46. The highest BCUT2D eigenvalue weighted by atomic mass is 16.1. The topological polar surface area (TPSA) is 34.1 Å². The SMILES string of the molecule is O=C1CC2CCCC23CC1CC3=O. The summed E-state index contributed by atoms with van der Waals surface area (Å²) in [5.41, 5.74) is -0.0153. The molecule has 0 radical (unpaired) electrons. The molecule has 0 aliphatic heterocycles. The number of rotatable bonds is 0. The van der Waals surface area contributed by atoms with E-state index in [9.17, 15) is 9.59 Å². The fraction of sp³-hybridized carbons (Fsp3) is 0.818. The summed E-state index contributed by atoms with van der Waals surface area (Å²) < 4.78 is 0. The molecule has 13 heavy (non-hydrogen) atoms. The first-order chi connectivity index (χ1) is 6.22. The van der Waals surface area contributed by atoms with E-state index in [1.165, 1.54) is 0 Å². The fourth-order valence-corrected chi connectivity index (χ4v) is 3.77. The molecule has 0 aromatic carbocycles. The van der Waals surface area contributed by atoms with Crippen molar-refractivity contribution in [2.45, 2.75) is 38.5 Å². The Kier molecular flexibility index (Phi) is 1.32. The molecule has 0 amide bonds. The van der Waals surface area contributed by atoms with E-state index >= 15 is 0 Å². The molecule has 3 fully saturated rings. The largest absolute Gasteiger partial charge is 0.299 e. The summed E-state index contributed by atoms with van der Waals surface area (Å²) in [4.78, 5) is 23.4. The predicted octanol–water partition coefficient (Wildman–Crippen LogP) is 1.72. The second kappa shape index (κ2) is 2.23. The van der Waals surface area contributed by atoms with E-state index in [0.29, 0.717) is 30.3 Å². The zero-order valence-electron chi connectivity index (χ0n) is 7.71. The molecule has 2 bridgehead atoms. The van der Waals surface area contributed by atoms with Gasteiger partial charge in [-0.05, 0) is 25.2 Å². The quantitative estimate of drug-likeness (QED) is 0.566. The maximum atomic E-state index is 11.9. The molecule has 3 aliphatic rings. The zero-order valence-corrected chi connectivity index (χ0v) is 7.71. The van der Waals surface area contributed by atoms with Crippen LogP contribution >= 0.6 is 0 Å². The van der Waals surface area contributed by atoms with E-state index in [0.717, 1.165) is 25.7 Å². The Bertz CT molecular complexity index is 294. The monoisotopic (exact) mass is 178 g/mol. The van der Waals surface area contributed by atoms with Crippen LogP contribution in [0.25, 0.3) is 0 Å². The Hall–Kier alpha value is -0.660. The first-order valence-corrected chi connectivity index (χ1v) is 5.28. The minimum atomic E-state index is -0.0153. The van der Waals surface area contributed by atoms with Crippen LogP contribution in [0.1, 0.15) is 38.5 Å². The summed E-state index contributed by atoms with van der Waals surface area (Å²) in [7, 11) is 0. The summed E-state index contributed by atoms with van der Waals surface area (Å²) in [6.07, 6.45) is 5.52. The van der Waals surface area contributed by atoms with Gasteiger partial charge in [-0.15, -0.1) is 0 Å². The molecule has 1 spiro atoms. The van der Waals surface area contributed by atoms with Gasteiger partial charge in [0.25, 0.3) is 0 Å². The first kappa shape index (κ1) is 7.72. The van der Waals surface area contributed by atoms with Gasteiger partial charge in [0.1, 0.15) is 11.6 Å². The van der Waals surface area contributed by atoms with Crippen molar-refractivity contribution in [3.63, 3.8) is 0 Å². The molecule has 2 heteroatoms. The van der Waals surface area contributed by atoms with Crippen LogP contribution in [-0.2, 0) is 9.59 Å². The average Bonchev–Trinajstić information content (AvgIpc) is 2.60. The third-order valence-corrected chi connectivity index (χ3v) is 4.46. The molecule has 3 atom stereocenters. The van der Waals surface area contributed by atoms with Crippen molar-refractivity contribution >= 4 is 11.6 Å². The van der Waals surface area contributed by atoms with E-state index in [-0.39, 0.29) is 11.3 Å². The lowest BCUT2D eigenvalue weighted by Crippen LogP contribution is -2.35.